The van der Waals surface area contributed by atoms with Gasteiger partial charge in [-0.2, -0.15) is 35.3 Å². The molecule has 7 heterocycles. The van der Waals surface area contributed by atoms with Crippen LogP contribution in [0.15, 0.2) is 0 Å². The van der Waals surface area contributed by atoms with Crippen LogP contribution in [-0.2, 0) is 4.74 Å². The molecule has 0 aromatic heterocycles. The first-order valence-corrected chi connectivity index (χ1v) is 49.5. The van der Waals surface area contributed by atoms with Crippen molar-refractivity contribution in [2.75, 3.05) is 68.1 Å². The maximum absolute atomic E-state index is 5.99. The molecule has 7 fully saturated rings. The molecule has 0 aromatic carbocycles. The van der Waals surface area contributed by atoms with Gasteiger partial charge in [0.1, 0.15) is 0 Å². The summed E-state index contributed by atoms with van der Waals surface area (Å²) in [5.74, 6) is 15.6. The number of hydrogen-bond donors (Lipinski definition) is 3. The Labute approximate surface area is 693 Å². The third kappa shape index (κ3) is 40.6. The fraction of sp³-hybridized carbons (Fsp3) is 1.00. The first kappa shape index (κ1) is 125. The first-order valence-electron chi connectivity index (χ1n) is 46.2. The number of ether oxygens (including phenoxy) is 1. The molecular weight excluding hydrogens is 1340 g/mol. The largest absolute Gasteiger partial charge is 0.374 e. The van der Waals surface area contributed by atoms with E-state index in [0.29, 0.717) is 60.0 Å². The molecule has 0 aromatic rings. The van der Waals surface area contributed by atoms with Gasteiger partial charge in [-0.1, -0.05) is 352 Å². The van der Waals surface area contributed by atoms with Gasteiger partial charge in [0, 0.05) is 23.4 Å². The normalized spacial score (nSPS) is 23.1. The summed E-state index contributed by atoms with van der Waals surface area (Å²) in [5.41, 5.74) is 4.08. The highest BCUT2D eigenvalue weighted by atomic mass is 32.2. The highest BCUT2D eigenvalue weighted by Crippen LogP contribution is 2.53. The second-order valence-electron chi connectivity index (χ2n) is 37.0. The molecule has 7 rings (SSSR count). The summed E-state index contributed by atoms with van der Waals surface area (Å²) in [5, 5.41) is 11.0. The molecule has 4 nitrogen and oxygen atoms in total. The first-order chi connectivity index (χ1) is 48.6. The Morgan fingerprint density at radius 2 is 0.708 bits per heavy atom. The molecule has 106 heavy (non-hydrogen) atoms. The monoisotopic (exact) mass is 1560 g/mol. The Hall–Kier alpha value is 0.890. The van der Waals surface area contributed by atoms with Crippen LogP contribution in [0.5, 0.6) is 0 Å². The Morgan fingerprint density at radius 3 is 1.02 bits per heavy atom. The van der Waals surface area contributed by atoms with Gasteiger partial charge in [0.2, 0.25) is 0 Å². The van der Waals surface area contributed by atoms with E-state index >= 15 is 0 Å². The van der Waals surface area contributed by atoms with Crippen molar-refractivity contribution in [1.29, 1.82) is 0 Å². The highest BCUT2D eigenvalue weighted by Gasteiger charge is 2.47. The van der Waals surface area contributed by atoms with Gasteiger partial charge < -0.3 is 20.7 Å². The van der Waals surface area contributed by atoms with Crippen LogP contribution in [-0.4, -0.2) is 84.0 Å². The van der Waals surface area contributed by atoms with Crippen molar-refractivity contribution in [3.05, 3.63) is 0 Å². The van der Waals surface area contributed by atoms with Crippen LogP contribution in [0.3, 0.4) is 0 Å². The molecule has 7 heteroatoms. The minimum atomic E-state index is 0. The van der Waals surface area contributed by atoms with Crippen LogP contribution in [0.2, 0.25) is 0 Å². The number of nitrogens with one attached hydrogen (secondary N) is 3. The van der Waals surface area contributed by atoms with Crippen molar-refractivity contribution < 1.29 is 4.74 Å². The van der Waals surface area contributed by atoms with Crippen LogP contribution in [0.1, 0.15) is 455 Å². The predicted octanol–water partition coefficient (Wildman–Crippen LogP) is 33.8. The fourth-order valence-electron chi connectivity index (χ4n) is 19.3. The lowest BCUT2D eigenvalue weighted by atomic mass is 9.57. The third-order valence-electron chi connectivity index (χ3n) is 26.5. The van der Waals surface area contributed by atoms with Gasteiger partial charge in [-0.3, -0.25) is 0 Å². The Bertz CT molecular complexity index is 1500. The van der Waals surface area contributed by atoms with Gasteiger partial charge in [0.15, 0.2) is 0 Å². The molecule has 0 saturated carbocycles. The van der Waals surface area contributed by atoms with Crippen molar-refractivity contribution >= 4 is 35.3 Å². The average molecular weight is 1560 g/mol. The Kier molecular flexibility index (Phi) is 79.0. The molecule has 3 atom stereocenters. The van der Waals surface area contributed by atoms with E-state index in [1.165, 1.54) is 190 Å². The van der Waals surface area contributed by atoms with E-state index in [0.717, 1.165) is 59.9 Å². The molecule has 7 aliphatic rings. The number of thioether (sulfide) groups is 3. The van der Waals surface area contributed by atoms with E-state index in [2.05, 4.69) is 266 Å². The quantitative estimate of drug-likeness (QED) is 0.191. The molecule has 654 valence electrons. The van der Waals surface area contributed by atoms with Gasteiger partial charge in [0.05, 0.1) is 5.60 Å². The molecule has 3 unspecified atom stereocenters. The Balaban J connectivity index is -0.000000143. The fourth-order valence-corrected chi connectivity index (χ4v) is 23.9. The van der Waals surface area contributed by atoms with Crippen LogP contribution < -0.4 is 16.0 Å². The topological polar surface area (TPSA) is 45.3 Å². The van der Waals surface area contributed by atoms with Crippen LogP contribution in [0, 0.1) is 103 Å². The zero-order valence-corrected chi connectivity index (χ0v) is 83.9. The lowest BCUT2D eigenvalue weighted by Gasteiger charge is -2.48. The van der Waals surface area contributed by atoms with Crippen molar-refractivity contribution in [1.82, 2.24) is 16.0 Å². The van der Waals surface area contributed by atoms with Gasteiger partial charge in [-0.15, -0.1) is 0 Å². The smallest absolute Gasteiger partial charge is 0.0728 e. The zero-order valence-electron chi connectivity index (χ0n) is 81.4. The molecule has 0 radical (unpaired) electrons. The number of rotatable bonds is 11. The van der Waals surface area contributed by atoms with Crippen LogP contribution in [0.25, 0.3) is 0 Å². The maximum atomic E-state index is 5.99. The van der Waals surface area contributed by atoms with Gasteiger partial charge >= 0.3 is 0 Å². The second-order valence-corrected chi connectivity index (χ2v) is 40.8. The van der Waals surface area contributed by atoms with Crippen molar-refractivity contribution in [2.45, 2.75) is 471 Å². The van der Waals surface area contributed by atoms with E-state index in [4.69, 9.17) is 4.74 Å². The van der Waals surface area contributed by atoms with Crippen molar-refractivity contribution in [3.63, 3.8) is 0 Å². The minimum Gasteiger partial charge on any atom is -0.374 e. The SMILES string of the molecule is C.C.CC.CC.CC.CC.CC.CC.CC.CC(C)C1(C(C)(C)C)CCCCCN1.CC(C)C1(C(C)(C)C)CCCCNC1.CC(C)C1(C(C)(C)C)CCCNCC1.CC(C)C1(C(C)C)CCCCO1.CC(C)C1(C(C)C)CCCCS1.CC(C)C1(C(C)C)CCCSC1.CC(C)C1(C(C)C)CCSCC1. The molecule has 3 N–H and O–H groups in total. The molecule has 0 amide bonds. The lowest BCUT2D eigenvalue weighted by Crippen LogP contribution is -2.58. The summed E-state index contributed by atoms with van der Waals surface area (Å²) in [4.78, 5) is 0. The Morgan fingerprint density at radius 1 is 0.292 bits per heavy atom. The van der Waals surface area contributed by atoms with Crippen molar-refractivity contribution in [3.8, 4) is 0 Å². The summed E-state index contributed by atoms with van der Waals surface area (Å²) >= 11 is 6.52. The summed E-state index contributed by atoms with van der Waals surface area (Å²) in [6, 6.07) is 0. The molecule has 0 bridgehead atoms. The third-order valence-corrected chi connectivity index (χ3v) is 31.0. The predicted molar refractivity (Wildman–Crippen MR) is 512 cm³/mol. The lowest BCUT2D eigenvalue weighted by molar-refractivity contribution is -0.137. The van der Waals surface area contributed by atoms with Crippen molar-refractivity contribution in [2.24, 2.45) is 103 Å². The summed E-state index contributed by atoms with van der Waals surface area (Å²) in [7, 11) is 0. The average Bonchev–Trinajstić information content (AvgIpc) is 1.30. The zero-order chi connectivity index (χ0) is 83.2. The van der Waals surface area contributed by atoms with E-state index in [1.54, 1.807) is 0 Å². The molecule has 7 aliphatic heterocycles. The standard InChI is InChI=1S/3C13H27N.C11H22O.3C11H22S.7C2H6.2CH4/c1-11(2)13(12(3,4)5)7-6-9-14-10-8-13;1-11(2)13(12(3,4)5)8-6-7-9-14-10-13;1-11(2)13(12(3,4)5)9-7-6-8-10-14-13;1-9(2)11(10(3)4)7-5-6-8-12-11;1-9(2)11(10(3)4)5-7-12-8-6-11;1-9(2)11(10(3)4)6-5-7-12-8-11;1-9(2)11(10(3)4)7-5-6-8-12-11;7*1-2;;/h3*11,14H,6-10H2,1-5H3;4*9-10H,5-8H2,1-4H3;7*1-2H3;2*1H4. The van der Waals surface area contributed by atoms with Gasteiger partial charge in [-0.05, 0) is 261 Å². The molecule has 0 aliphatic carbocycles. The molecule has 7 saturated heterocycles. The van der Waals surface area contributed by atoms with E-state index < -0.39 is 0 Å². The highest BCUT2D eigenvalue weighted by molar-refractivity contribution is 8.00. The maximum Gasteiger partial charge on any atom is 0.0728 e. The second kappa shape index (κ2) is 67.0. The number of hydrogen-bond acceptors (Lipinski definition) is 7. The van der Waals surface area contributed by atoms with Gasteiger partial charge in [-0.25, -0.2) is 0 Å². The van der Waals surface area contributed by atoms with Crippen LogP contribution >= 0.6 is 35.3 Å². The van der Waals surface area contributed by atoms with Gasteiger partial charge in [0.25, 0.3) is 0 Å². The van der Waals surface area contributed by atoms with E-state index in [-0.39, 0.29) is 20.5 Å². The van der Waals surface area contributed by atoms with Crippen LogP contribution in [0.4, 0.5) is 0 Å². The summed E-state index contributed by atoms with van der Waals surface area (Å²) < 4.78 is 6.58. The molecule has 0 spiro atoms. The minimum absolute atomic E-state index is 0. The summed E-state index contributed by atoms with van der Waals surface area (Å²) in [6.07, 6.45) is 27.6. The molecular formula is C99H219N3OS3. The van der Waals surface area contributed by atoms with E-state index in [1.807, 2.05) is 96.9 Å². The van der Waals surface area contributed by atoms with E-state index in [9.17, 15) is 0 Å². The summed E-state index contributed by atoms with van der Waals surface area (Å²) in [6.45, 7) is 109.